The van der Waals surface area contributed by atoms with Crippen LogP contribution in [0.2, 0.25) is 0 Å². The van der Waals surface area contributed by atoms with E-state index >= 15 is 0 Å². The third kappa shape index (κ3) is 5.31. The summed E-state index contributed by atoms with van der Waals surface area (Å²) in [6.45, 7) is 6.43. The number of nitro groups is 1. The van der Waals surface area contributed by atoms with Crippen molar-refractivity contribution in [3.8, 4) is 11.5 Å². The van der Waals surface area contributed by atoms with Crippen molar-refractivity contribution in [1.29, 1.82) is 0 Å². The number of hydrogen-bond acceptors (Lipinski definition) is 5. The van der Waals surface area contributed by atoms with Crippen molar-refractivity contribution in [1.82, 2.24) is 4.90 Å². The monoisotopic (exact) mass is 370 g/mol. The van der Waals surface area contributed by atoms with Gasteiger partial charge in [-0.25, -0.2) is 0 Å². The topological polar surface area (TPSA) is 81.9 Å². The maximum absolute atomic E-state index is 12.6. The van der Waals surface area contributed by atoms with Crippen LogP contribution < -0.4 is 9.47 Å². The Bertz CT molecular complexity index is 818. The molecule has 0 N–H and O–H groups in total. The van der Waals surface area contributed by atoms with Gasteiger partial charge >= 0.3 is 5.69 Å². The number of carbonyl (C=O) groups excluding carboxylic acids is 1. The normalized spacial score (nSPS) is 10.1. The smallest absolute Gasteiger partial charge is 0.311 e. The van der Waals surface area contributed by atoms with Crippen LogP contribution in [0.5, 0.6) is 11.5 Å². The van der Waals surface area contributed by atoms with Gasteiger partial charge in [-0.3, -0.25) is 14.9 Å². The summed E-state index contributed by atoms with van der Waals surface area (Å²) >= 11 is 0. The van der Waals surface area contributed by atoms with E-state index in [1.165, 1.54) is 23.1 Å². The second kappa shape index (κ2) is 9.38. The molecule has 0 aromatic heterocycles. The molecule has 0 aliphatic heterocycles. The third-order valence-electron chi connectivity index (χ3n) is 3.76. The highest BCUT2D eigenvalue weighted by Gasteiger charge is 2.20. The van der Waals surface area contributed by atoms with Crippen LogP contribution in [0.25, 0.3) is 0 Å². The molecule has 2 rings (SSSR count). The minimum absolute atomic E-state index is 0.150. The van der Waals surface area contributed by atoms with E-state index in [1.54, 1.807) is 20.0 Å². The predicted molar refractivity (Wildman–Crippen MR) is 102 cm³/mol. The summed E-state index contributed by atoms with van der Waals surface area (Å²) < 4.78 is 10.7. The first kappa shape index (κ1) is 20.0. The molecule has 142 valence electrons. The molecule has 0 atom stereocenters. The Morgan fingerprint density at radius 3 is 2.52 bits per heavy atom. The molecule has 0 aliphatic rings. The predicted octanol–water partition coefficient (Wildman–Crippen LogP) is 3.83. The van der Waals surface area contributed by atoms with Crippen LogP contribution in [-0.2, 0) is 6.54 Å². The van der Waals surface area contributed by atoms with Crippen LogP contribution in [0.15, 0.2) is 55.1 Å². The number of carbonyl (C=O) groups is 1. The van der Waals surface area contributed by atoms with Crippen molar-refractivity contribution >= 4 is 11.6 Å². The van der Waals surface area contributed by atoms with Crippen molar-refractivity contribution in [3.63, 3.8) is 0 Å². The molecular formula is C20H22N2O5. The van der Waals surface area contributed by atoms with Crippen LogP contribution in [0.1, 0.15) is 22.8 Å². The molecule has 0 saturated heterocycles. The first-order valence-electron chi connectivity index (χ1n) is 8.45. The Kier molecular flexibility index (Phi) is 6.93. The van der Waals surface area contributed by atoms with Crippen molar-refractivity contribution in [2.45, 2.75) is 13.5 Å². The van der Waals surface area contributed by atoms with Gasteiger partial charge in [-0.2, -0.15) is 0 Å². The van der Waals surface area contributed by atoms with Crippen LogP contribution in [0.3, 0.4) is 0 Å². The third-order valence-corrected chi connectivity index (χ3v) is 3.76. The fourth-order valence-corrected chi connectivity index (χ4v) is 2.48. The number of nitrogens with zero attached hydrogens (tertiary/aromatic N) is 2. The Hall–Kier alpha value is -3.35. The molecule has 0 aliphatic carbocycles. The zero-order valence-electron chi connectivity index (χ0n) is 15.4. The molecular weight excluding hydrogens is 348 g/mol. The van der Waals surface area contributed by atoms with Gasteiger partial charge in [0, 0.05) is 25.2 Å². The molecule has 0 bridgehead atoms. The largest absolute Gasteiger partial charge is 0.490 e. The summed E-state index contributed by atoms with van der Waals surface area (Å²) in [6.07, 6.45) is 1.66. The maximum atomic E-state index is 12.6. The molecule has 1 amide bonds. The molecule has 7 nitrogen and oxygen atoms in total. The Morgan fingerprint density at radius 2 is 1.93 bits per heavy atom. The Labute approximate surface area is 158 Å². The lowest BCUT2D eigenvalue weighted by molar-refractivity contribution is -0.385. The zero-order valence-corrected chi connectivity index (χ0v) is 15.4. The van der Waals surface area contributed by atoms with E-state index in [1.807, 2.05) is 24.3 Å². The lowest BCUT2D eigenvalue weighted by Crippen LogP contribution is -2.26. The summed E-state index contributed by atoms with van der Waals surface area (Å²) in [7, 11) is 1.65. The first-order valence-corrected chi connectivity index (χ1v) is 8.45. The number of rotatable bonds is 9. The summed E-state index contributed by atoms with van der Waals surface area (Å²) in [5.74, 6) is 0.555. The number of hydrogen-bond donors (Lipinski definition) is 0. The minimum atomic E-state index is -0.552. The minimum Gasteiger partial charge on any atom is -0.490 e. The molecule has 0 spiro atoms. The average molecular weight is 370 g/mol. The van der Waals surface area contributed by atoms with Crippen LogP contribution in [0, 0.1) is 10.1 Å². The lowest BCUT2D eigenvalue weighted by Gasteiger charge is -2.18. The fraction of sp³-hybridized carbons (Fsp3) is 0.250. The van der Waals surface area contributed by atoms with E-state index in [-0.39, 0.29) is 22.9 Å². The van der Waals surface area contributed by atoms with E-state index < -0.39 is 4.92 Å². The molecule has 0 heterocycles. The molecule has 0 saturated carbocycles. The van der Waals surface area contributed by atoms with E-state index in [2.05, 4.69) is 6.58 Å². The number of ether oxygens (including phenoxy) is 2. The fourth-order valence-electron chi connectivity index (χ4n) is 2.48. The molecule has 2 aromatic carbocycles. The van der Waals surface area contributed by atoms with Gasteiger partial charge in [-0.1, -0.05) is 24.8 Å². The second-order valence-corrected chi connectivity index (χ2v) is 5.78. The first-order chi connectivity index (χ1) is 13.0. The van der Waals surface area contributed by atoms with Gasteiger partial charge in [0.05, 0.1) is 11.5 Å². The summed E-state index contributed by atoms with van der Waals surface area (Å²) in [5, 5.41) is 11.2. The van der Waals surface area contributed by atoms with E-state index in [0.717, 1.165) is 11.3 Å². The molecule has 0 unspecified atom stereocenters. The van der Waals surface area contributed by atoms with E-state index in [4.69, 9.17) is 9.47 Å². The number of benzene rings is 2. The highest BCUT2D eigenvalue weighted by atomic mass is 16.6. The quantitative estimate of drug-likeness (QED) is 0.381. The van der Waals surface area contributed by atoms with Crippen molar-refractivity contribution < 1.29 is 19.2 Å². The standard InChI is InChI=1S/C20H22N2O5/c1-4-12-27-17-9-6-15(7-10-17)14-21(3)20(23)16-8-11-19(26-5-2)18(13-16)22(24)25/h4,6-11,13H,1,5,12,14H2,2-3H3. The molecule has 2 aromatic rings. The highest BCUT2D eigenvalue weighted by Crippen LogP contribution is 2.28. The van der Waals surface area contributed by atoms with Gasteiger partial charge < -0.3 is 14.4 Å². The zero-order chi connectivity index (χ0) is 19.8. The second-order valence-electron chi connectivity index (χ2n) is 5.78. The Morgan fingerprint density at radius 1 is 1.22 bits per heavy atom. The summed E-state index contributed by atoms with van der Waals surface area (Å²) in [6, 6.07) is 11.6. The van der Waals surface area contributed by atoms with Gasteiger partial charge in [0.2, 0.25) is 0 Å². The van der Waals surface area contributed by atoms with Gasteiger partial charge in [-0.05, 0) is 36.8 Å². The van der Waals surface area contributed by atoms with Gasteiger partial charge in [0.25, 0.3) is 5.91 Å². The number of nitro benzene ring substituents is 1. The molecule has 0 radical (unpaired) electrons. The summed E-state index contributed by atoms with van der Waals surface area (Å²) in [4.78, 5) is 24.8. The number of amides is 1. The van der Waals surface area contributed by atoms with Crippen molar-refractivity contribution in [2.24, 2.45) is 0 Å². The Balaban J connectivity index is 2.11. The lowest BCUT2D eigenvalue weighted by atomic mass is 10.1. The maximum Gasteiger partial charge on any atom is 0.311 e. The molecule has 0 fully saturated rings. The van der Waals surface area contributed by atoms with Crippen LogP contribution >= 0.6 is 0 Å². The molecule has 7 heteroatoms. The summed E-state index contributed by atoms with van der Waals surface area (Å²) in [5.41, 5.74) is 0.927. The van der Waals surface area contributed by atoms with E-state index in [0.29, 0.717) is 19.8 Å². The average Bonchev–Trinajstić information content (AvgIpc) is 2.67. The van der Waals surface area contributed by atoms with Gasteiger partial charge in [0.1, 0.15) is 12.4 Å². The van der Waals surface area contributed by atoms with Gasteiger partial charge in [0.15, 0.2) is 5.75 Å². The van der Waals surface area contributed by atoms with Crippen LogP contribution in [0.4, 0.5) is 5.69 Å². The van der Waals surface area contributed by atoms with Crippen molar-refractivity contribution in [3.05, 3.63) is 76.4 Å². The SMILES string of the molecule is C=CCOc1ccc(CN(C)C(=O)c2ccc(OCC)c([N+](=O)[O-])c2)cc1. The van der Waals surface area contributed by atoms with Gasteiger partial charge in [-0.15, -0.1) is 0 Å². The van der Waals surface area contributed by atoms with Crippen molar-refractivity contribution in [2.75, 3.05) is 20.3 Å². The molecule has 27 heavy (non-hydrogen) atoms. The highest BCUT2D eigenvalue weighted by molar-refractivity contribution is 5.95. The van der Waals surface area contributed by atoms with E-state index in [9.17, 15) is 14.9 Å². The van der Waals surface area contributed by atoms with Crippen LogP contribution in [-0.4, -0.2) is 36.0 Å².